The molecule has 152 valence electrons. The number of hydrogen-bond acceptors (Lipinski definition) is 4. The van der Waals surface area contributed by atoms with E-state index in [0.717, 1.165) is 29.9 Å². The molecular weight excluding hydrogens is 391 g/mol. The Bertz CT molecular complexity index is 1080. The summed E-state index contributed by atoms with van der Waals surface area (Å²) < 4.78 is 43.0. The second kappa shape index (κ2) is 8.04. The molecule has 0 saturated carbocycles. The zero-order valence-corrected chi connectivity index (χ0v) is 17.0. The molecular formula is C21H23FN4O2S. The summed E-state index contributed by atoms with van der Waals surface area (Å²) in [4.78, 5) is 8.73. The van der Waals surface area contributed by atoms with E-state index in [1.54, 1.807) is 22.9 Å². The Hall–Kier alpha value is -2.58. The summed E-state index contributed by atoms with van der Waals surface area (Å²) in [5.41, 5.74) is 2.59. The maximum absolute atomic E-state index is 13.2. The summed E-state index contributed by atoms with van der Waals surface area (Å²) >= 11 is 0. The molecule has 8 heteroatoms. The van der Waals surface area contributed by atoms with Gasteiger partial charge in [-0.1, -0.05) is 18.2 Å². The van der Waals surface area contributed by atoms with E-state index in [9.17, 15) is 12.8 Å². The van der Waals surface area contributed by atoms with E-state index in [2.05, 4.69) is 14.5 Å². The van der Waals surface area contributed by atoms with Crippen molar-refractivity contribution in [3.8, 4) is 0 Å². The molecule has 0 radical (unpaired) electrons. The van der Waals surface area contributed by atoms with Crippen LogP contribution in [0.2, 0.25) is 0 Å². The minimum absolute atomic E-state index is 0.147. The highest BCUT2D eigenvalue weighted by molar-refractivity contribution is 7.88. The quantitative estimate of drug-likeness (QED) is 0.620. The fraction of sp³-hybridized carbons (Fsp3) is 0.333. The number of hydrogen-bond donors (Lipinski definition) is 0. The minimum atomic E-state index is -3.56. The average Bonchev–Trinajstić information content (AvgIpc) is 3.32. The van der Waals surface area contributed by atoms with Gasteiger partial charge in [-0.25, -0.2) is 17.8 Å². The molecule has 1 unspecified atom stereocenters. The van der Waals surface area contributed by atoms with Crippen molar-refractivity contribution in [3.05, 3.63) is 83.5 Å². The molecule has 0 spiro atoms. The Labute approximate surface area is 170 Å². The fourth-order valence-corrected chi connectivity index (χ4v) is 5.60. The van der Waals surface area contributed by atoms with Crippen LogP contribution in [0.25, 0.3) is 0 Å². The Morgan fingerprint density at radius 3 is 2.66 bits per heavy atom. The number of aryl methyl sites for hydroxylation is 1. The van der Waals surface area contributed by atoms with Crippen molar-refractivity contribution in [2.45, 2.75) is 38.1 Å². The first-order valence-corrected chi connectivity index (χ1v) is 11.2. The van der Waals surface area contributed by atoms with Crippen LogP contribution in [0.4, 0.5) is 4.39 Å². The van der Waals surface area contributed by atoms with Gasteiger partial charge in [0.15, 0.2) is 0 Å². The van der Waals surface area contributed by atoms with Crippen molar-refractivity contribution >= 4 is 10.0 Å². The third-order valence-corrected chi connectivity index (χ3v) is 7.12. The summed E-state index contributed by atoms with van der Waals surface area (Å²) in [6.45, 7) is 3.03. The third-order valence-electron chi connectivity index (χ3n) is 5.27. The highest BCUT2D eigenvalue weighted by Gasteiger charge is 2.37. The lowest BCUT2D eigenvalue weighted by atomic mass is 10.2. The summed E-state index contributed by atoms with van der Waals surface area (Å²) in [5, 5.41) is 0. The Morgan fingerprint density at radius 1 is 1.14 bits per heavy atom. The molecule has 1 aliphatic rings. The normalized spacial score (nSPS) is 17.7. The highest BCUT2D eigenvalue weighted by Crippen LogP contribution is 2.35. The summed E-state index contributed by atoms with van der Waals surface area (Å²) in [6, 6.07) is 9.19. The number of pyridine rings is 1. The van der Waals surface area contributed by atoms with Gasteiger partial charge < -0.3 is 4.57 Å². The standard InChI is InChI=1S/C21H23FN4O2S/c1-16-12-24-21(25(16)14-18-4-2-10-23-13-18)20-5-3-11-26(20)29(27,28)15-17-6-8-19(22)9-7-17/h2,4,6-10,12-13,20H,3,5,11,14-15H2,1H3. The third kappa shape index (κ3) is 4.23. The lowest BCUT2D eigenvalue weighted by Crippen LogP contribution is -2.33. The maximum atomic E-state index is 13.2. The molecule has 0 bridgehead atoms. The Morgan fingerprint density at radius 2 is 1.93 bits per heavy atom. The van der Waals surface area contributed by atoms with Gasteiger partial charge >= 0.3 is 0 Å². The Balaban J connectivity index is 1.61. The van der Waals surface area contributed by atoms with Crippen LogP contribution in [0.1, 0.15) is 41.5 Å². The minimum Gasteiger partial charge on any atom is -0.327 e. The van der Waals surface area contributed by atoms with Gasteiger partial charge in [0, 0.05) is 30.8 Å². The molecule has 1 fully saturated rings. The van der Waals surface area contributed by atoms with Crippen LogP contribution >= 0.6 is 0 Å². The fourth-order valence-electron chi connectivity index (χ4n) is 3.83. The van der Waals surface area contributed by atoms with E-state index in [4.69, 9.17) is 0 Å². The molecule has 3 heterocycles. The van der Waals surface area contributed by atoms with Crippen LogP contribution in [-0.4, -0.2) is 33.8 Å². The molecule has 1 aromatic carbocycles. The molecule has 29 heavy (non-hydrogen) atoms. The molecule has 2 aromatic heterocycles. The molecule has 0 amide bonds. The number of benzene rings is 1. The van der Waals surface area contributed by atoms with Gasteiger partial charge in [0.05, 0.1) is 18.3 Å². The number of aromatic nitrogens is 3. The van der Waals surface area contributed by atoms with Crippen LogP contribution in [0, 0.1) is 12.7 Å². The average molecular weight is 415 g/mol. The summed E-state index contributed by atoms with van der Waals surface area (Å²) in [6.07, 6.45) is 6.83. The molecule has 6 nitrogen and oxygen atoms in total. The second-order valence-electron chi connectivity index (χ2n) is 7.36. The number of imidazole rings is 1. The molecule has 1 aliphatic heterocycles. The van der Waals surface area contributed by atoms with E-state index >= 15 is 0 Å². The van der Waals surface area contributed by atoms with Crippen molar-refractivity contribution in [1.29, 1.82) is 0 Å². The lowest BCUT2D eigenvalue weighted by molar-refractivity contribution is 0.373. The van der Waals surface area contributed by atoms with E-state index in [1.807, 2.05) is 19.1 Å². The number of sulfonamides is 1. The lowest BCUT2D eigenvalue weighted by Gasteiger charge is -2.25. The van der Waals surface area contributed by atoms with Crippen LogP contribution in [0.15, 0.2) is 55.0 Å². The number of nitrogens with zero attached hydrogens (tertiary/aromatic N) is 4. The van der Waals surface area contributed by atoms with Gasteiger partial charge in [0.1, 0.15) is 11.6 Å². The first kappa shape index (κ1) is 19.7. The van der Waals surface area contributed by atoms with E-state index in [1.165, 1.54) is 24.3 Å². The van der Waals surface area contributed by atoms with Gasteiger partial charge in [0.25, 0.3) is 0 Å². The van der Waals surface area contributed by atoms with Crippen molar-refractivity contribution in [3.63, 3.8) is 0 Å². The van der Waals surface area contributed by atoms with Gasteiger partial charge in [0.2, 0.25) is 10.0 Å². The second-order valence-corrected chi connectivity index (χ2v) is 9.28. The van der Waals surface area contributed by atoms with Crippen molar-refractivity contribution in [2.24, 2.45) is 0 Å². The predicted octanol–water partition coefficient (Wildman–Crippen LogP) is 3.44. The van der Waals surface area contributed by atoms with Gasteiger partial charge in [-0.05, 0) is 49.1 Å². The van der Waals surface area contributed by atoms with Gasteiger partial charge in [-0.2, -0.15) is 4.31 Å². The molecule has 4 rings (SSSR count). The Kier molecular flexibility index (Phi) is 5.47. The monoisotopic (exact) mass is 414 g/mol. The van der Waals surface area contributed by atoms with Gasteiger partial charge in [-0.3, -0.25) is 4.98 Å². The topological polar surface area (TPSA) is 68.1 Å². The van der Waals surface area contributed by atoms with Crippen molar-refractivity contribution in [2.75, 3.05) is 6.54 Å². The zero-order valence-electron chi connectivity index (χ0n) is 16.2. The first-order chi connectivity index (χ1) is 13.9. The van der Waals surface area contributed by atoms with Crippen LogP contribution < -0.4 is 0 Å². The summed E-state index contributed by atoms with van der Waals surface area (Å²) in [5.74, 6) is 0.233. The van der Waals surface area contributed by atoms with E-state index < -0.39 is 10.0 Å². The van der Waals surface area contributed by atoms with Crippen molar-refractivity contribution in [1.82, 2.24) is 18.8 Å². The van der Waals surface area contributed by atoms with E-state index in [-0.39, 0.29) is 17.6 Å². The molecule has 3 aromatic rings. The summed E-state index contributed by atoms with van der Waals surface area (Å²) in [7, 11) is -3.56. The van der Waals surface area contributed by atoms with Crippen molar-refractivity contribution < 1.29 is 12.8 Å². The molecule has 1 atom stereocenters. The van der Waals surface area contributed by atoms with Gasteiger partial charge in [-0.15, -0.1) is 0 Å². The number of rotatable bonds is 6. The zero-order chi connectivity index (χ0) is 20.4. The highest BCUT2D eigenvalue weighted by atomic mass is 32.2. The van der Waals surface area contributed by atoms with Crippen LogP contribution in [-0.2, 0) is 22.3 Å². The molecule has 0 aliphatic carbocycles. The molecule has 0 N–H and O–H groups in total. The smallest absolute Gasteiger partial charge is 0.218 e. The first-order valence-electron chi connectivity index (χ1n) is 9.59. The largest absolute Gasteiger partial charge is 0.327 e. The molecule has 1 saturated heterocycles. The van der Waals surface area contributed by atoms with Crippen LogP contribution in [0.5, 0.6) is 0 Å². The van der Waals surface area contributed by atoms with E-state index in [0.29, 0.717) is 18.7 Å². The SMILES string of the molecule is Cc1cnc(C2CCCN2S(=O)(=O)Cc2ccc(F)cc2)n1Cc1cccnc1. The number of halogens is 1. The van der Waals surface area contributed by atoms with Crippen LogP contribution in [0.3, 0.4) is 0 Å². The predicted molar refractivity (Wildman–Crippen MR) is 108 cm³/mol. The maximum Gasteiger partial charge on any atom is 0.218 e.